The second-order valence-corrected chi connectivity index (χ2v) is 7.07. The molecule has 1 atom stereocenters. The summed E-state index contributed by atoms with van der Waals surface area (Å²) in [6.45, 7) is 4.45. The third-order valence-corrected chi connectivity index (χ3v) is 4.88. The van der Waals surface area contributed by atoms with Gasteiger partial charge >= 0.3 is 0 Å². The highest BCUT2D eigenvalue weighted by Gasteiger charge is 2.26. The van der Waals surface area contributed by atoms with Gasteiger partial charge in [-0.3, -0.25) is 9.59 Å². The van der Waals surface area contributed by atoms with Crippen molar-refractivity contribution in [2.45, 2.75) is 57.9 Å². The highest BCUT2D eigenvalue weighted by Crippen LogP contribution is 2.19. The Morgan fingerprint density at radius 3 is 2.64 bits per heavy atom. The summed E-state index contributed by atoms with van der Waals surface area (Å²) in [5.41, 5.74) is 6.54. The fourth-order valence-electron chi connectivity index (χ4n) is 3.36. The molecule has 0 bridgehead atoms. The molecule has 0 saturated carbocycles. The van der Waals surface area contributed by atoms with Crippen molar-refractivity contribution in [1.82, 2.24) is 10.2 Å². The third-order valence-electron chi connectivity index (χ3n) is 4.88. The maximum Gasteiger partial charge on any atom is 0.223 e. The largest absolute Gasteiger partial charge is 0.494 e. The van der Waals surface area contributed by atoms with E-state index in [2.05, 4.69) is 12.2 Å². The number of benzene rings is 1. The van der Waals surface area contributed by atoms with E-state index in [1.165, 1.54) is 0 Å². The third kappa shape index (κ3) is 8.07. The number of nitrogens with two attached hydrogens (primary N) is 1. The first-order valence-corrected chi connectivity index (χ1v) is 10.1. The number of nitrogens with zero attached hydrogens (tertiary/aromatic N) is 1. The summed E-state index contributed by atoms with van der Waals surface area (Å²) in [7, 11) is 0. The number of aryl methyl sites for hydroxylation is 1. The lowest BCUT2D eigenvalue weighted by Gasteiger charge is -2.36. The zero-order valence-electron chi connectivity index (χ0n) is 16.8. The van der Waals surface area contributed by atoms with Gasteiger partial charge in [-0.2, -0.15) is 0 Å². The Hall–Kier alpha value is -1.79. The average molecular weight is 412 g/mol. The van der Waals surface area contributed by atoms with Gasteiger partial charge in [-0.05, 0) is 49.8 Å². The van der Waals surface area contributed by atoms with E-state index >= 15 is 0 Å². The van der Waals surface area contributed by atoms with Gasteiger partial charge in [-0.1, -0.05) is 19.1 Å². The Morgan fingerprint density at radius 2 is 1.96 bits per heavy atom. The van der Waals surface area contributed by atoms with Crippen molar-refractivity contribution in [2.75, 3.05) is 26.2 Å². The molecule has 1 aliphatic rings. The minimum atomic E-state index is -0.0409. The van der Waals surface area contributed by atoms with E-state index in [4.69, 9.17) is 10.5 Å². The van der Waals surface area contributed by atoms with Crippen LogP contribution in [0.1, 0.15) is 51.0 Å². The van der Waals surface area contributed by atoms with Crippen LogP contribution in [0.25, 0.3) is 0 Å². The summed E-state index contributed by atoms with van der Waals surface area (Å²) in [5.74, 6) is 0.996. The van der Waals surface area contributed by atoms with Gasteiger partial charge in [0.2, 0.25) is 11.8 Å². The van der Waals surface area contributed by atoms with Crippen molar-refractivity contribution in [1.29, 1.82) is 0 Å². The van der Waals surface area contributed by atoms with Gasteiger partial charge in [-0.15, -0.1) is 12.4 Å². The van der Waals surface area contributed by atoms with E-state index in [0.717, 1.165) is 56.6 Å². The smallest absolute Gasteiger partial charge is 0.223 e. The molecule has 1 heterocycles. The maximum atomic E-state index is 12.7. The highest BCUT2D eigenvalue weighted by atomic mass is 35.5. The fraction of sp³-hybridized carbons (Fsp3) is 0.619. The number of halogens is 1. The average Bonchev–Trinajstić information content (AvgIpc) is 2.70. The molecule has 6 nitrogen and oxygen atoms in total. The number of hydrogen-bond donors (Lipinski definition) is 2. The molecule has 28 heavy (non-hydrogen) atoms. The number of amides is 2. The Balaban J connectivity index is 0.00000392. The van der Waals surface area contributed by atoms with E-state index in [-0.39, 0.29) is 30.3 Å². The van der Waals surface area contributed by atoms with E-state index in [0.29, 0.717) is 25.9 Å². The van der Waals surface area contributed by atoms with Gasteiger partial charge < -0.3 is 20.7 Å². The normalized spacial score (nSPS) is 16.2. The van der Waals surface area contributed by atoms with Crippen LogP contribution in [0.15, 0.2) is 24.3 Å². The summed E-state index contributed by atoms with van der Waals surface area (Å²) >= 11 is 0. The van der Waals surface area contributed by atoms with Crippen LogP contribution in [0.4, 0.5) is 0 Å². The molecule has 3 N–H and O–H groups in total. The van der Waals surface area contributed by atoms with Crippen LogP contribution in [0.5, 0.6) is 5.75 Å². The quantitative estimate of drug-likeness (QED) is 0.619. The predicted molar refractivity (Wildman–Crippen MR) is 114 cm³/mol. The van der Waals surface area contributed by atoms with Gasteiger partial charge in [-0.25, -0.2) is 0 Å². The van der Waals surface area contributed by atoms with Crippen molar-refractivity contribution in [2.24, 2.45) is 5.73 Å². The second-order valence-electron chi connectivity index (χ2n) is 7.07. The molecule has 0 radical (unpaired) electrons. The number of piperidine rings is 1. The molecule has 1 saturated heterocycles. The number of carbonyl (C=O) groups is 2. The Labute approximate surface area is 174 Å². The van der Waals surface area contributed by atoms with Gasteiger partial charge in [0, 0.05) is 38.5 Å². The van der Waals surface area contributed by atoms with Crippen LogP contribution in [0, 0.1) is 0 Å². The van der Waals surface area contributed by atoms with Crippen molar-refractivity contribution < 1.29 is 14.3 Å². The van der Waals surface area contributed by atoms with Crippen LogP contribution in [-0.2, 0) is 16.0 Å². The topological polar surface area (TPSA) is 84.7 Å². The molecule has 2 rings (SSSR count). The molecule has 1 aromatic carbocycles. The summed E-state index contributed by atoms with van der Waals surface area (Å²) in [4.78, 5) is 26.3. The lowest BCUT2D eigenvalue weighted by atomic mass is 10.0. The first kappa shape index (κ1) is 24.2. The van der Waals surface area contributed by atoms with Gasteiger partial charge in [0.25, 0.3) is 0 Å². The molecule has 1 aromatic rings. The molecule has 2 amide bonds. The minimum absolute atomic E-state index is 0. The van der Waals surface area contributed by atoms with E-state index in [1.54, 1.807) is 0 Å². The number of likely N-dealkylation sites (tertiary alicyclic amines) is 1. The first-order valence-electron chi connectivity index (χ1n) is 10.1. The molecule has 0 spiro atoms. The molecular formula is C21H34ClN3O3. The van der Waals surface area contributed by atoms with Gasteiger partial charge in [0.15, 0.2) is 0 Å². The van der Waals surface area contributed by atoms with Crippen LogP contribution in [-0.4, -0.2) is 49.0 Å². The molecule has 1 unspecified atom stereocenters. The highest BCUT2D eigenvalue weighted by molar-refractivity contribution is 5.85. The Bertz CT molecular complexity index is 595. The molecule has 0 aromatic heterocycles. The van der Waals surface area contributed by atoms with Gasteiger partial charge in [0.1, 0.15) is 5.75 Å². The summed E-state index contributed by atoms with van der Waals surface area (Å²) in [5, 5.41) is 2.91. The fourth-order valence-corrected chi connectivity index (χ4v) is 3.36. The number of hydrogen-bond acceptors (Lipinski definition) is 4. The summed E-state index contributed by atoms with van der Waals surface area (Å²) in [6, 6.07) is 8.08. The molecule has 1 aliphatic heterocycles. The Morgan fingerprint density at radius 1 is 1.21 bits per heavy atom. The van der Waals surface area contributed by atoms with E-state index in [1.807, 2.05) is 29.2 Å². The molecular weight excluding hydrogens is 378 g/mol. The monoisotopic (exact) mass is 411 g/mol. The lowest BCUT2D eigenvalue weighted by molar-refractivity contribution is -0.135. The lowest BCUT2D eigenvalue weighted by Crippen LogP contribution is -2.49. The molecule has 7 heteroatoms. The SMILES string of the molecule is CCCOc1ccc(CCC(=O)N2CCCCC2CNC(=O)CCN)cc1.Cl. The second kappa shape index (κ2) is 13.4. The van der Waals surface area contributed by atoms with Crippen LogP contribution >= 0.6 is 12.4 Å². The van der Waals surface area contributed by atoms with Crippen molar-refractivity contribution in [3.05, 3.63) is 29.8 Å². The van der Waals surface area contributed by atoms with Crippen molar-refractivity contribution in [3.63, 3.8) is 0 Å². The number of nitrogens with one attached hydrogen (secondary N) is 1. The molecule has 1 fully saturated rings. The zero-order chi connectivity index (χ0) is 19.5. The number of ether oxygens (including phenoxy) is 1. The van der Waals surface area contributed by atoms with Crippen LogP contribution in [0.3, 0.4) is 0 Å². The number of carbonyl (C=O) groups excluding carboxylic acids is 2. The predicted octanol–water partition coefficient (Wildman–Crippen LogP) is 2.68. The standard InChI is InChI=1S/C21H33N3O3.ClH/c1-2-15-27-19-9-6-17(7-10-19)8-11-21(26)24-14-4-3-5-18(24)16-23-20(25)12-13-22;/h6-7,9-10,18H,2-5,8,11-16,22H2,1H3,(H,23,25);1H. The van der Waals surface area contributed by atoms with E-state index < -0.39 is 0 Å². The number of rotatable bonds is 10. The summed E-state index contributed by atoms with van der Waals surface area (Å²) < 4.78 is 5.59. The summed E-state index contributed by atoms with van der Waals surface area (Å²) in [6.07, 6.45) is 5.59. The van der Waals surface area contributed by atoms with Crippen LogP contribution < -0.4 is 15.8 Å². The van der Waals surface area contributed by atoms with Crippen LogP contribution in [0.2, 0.25) is 0 Å². The first-order chi connectivity index (χ1) is 13.1. The van der Waals surface area contributed by atoms with E-state index in [9.17, 15) is 9.59 Å². The zero-order valence-corrected chi connectivity index (χ0v) is 17.6. The Kier molecular flexibility index (Phi) is 11.6. The molecule has 0 aliphatic carbocycles. The maximum absolute atomic E-state index is 12.7. The van der Waals surface area contributed by atoms with Crippen molar-refractivity contribution >= 4 is 24.2 Å². The minimum Gasteiger partial charge on any atom is -0.494 e. The molecule has 158 valence electrons. The van der Waals surface area contributed by atoms with Crippen molar-refractivity contribution in [3.8, 4) is 5.75 Å². The van der Waals surface area contributed by atoms with Gasteiger partial charge in [0.05, 0.1) is 6.61 Å².